The number of hydrogen-bond donors (Lipinski definition) is 3. The lowest BCUT2D eigenvalue weighted by atomic mass is 9.98. The van der Waals surface area contributed by atoms with Crippen molar-refractivity contribution in [2.45, 2.75) is 50.8 Å². The predicted octanol–water partition coefficient (Wildman–Crippen LogP) is -0.0479. The predicted molar refractivity (Wildman–Crippen MR) is 135 cm³/mol. The van der Waals surface area contributed by atoms with Crippen molar-refractivity contribution in [3.05, 3.63) is 17.6 Å². The van der Waals surface area contributed by atoms with Gasteiger partial charge in [0.1, 0.15) is 18.0 Å². The molecule has 0 radical (unpaired) electrons. The van der Waals surface area contributed by atoms with E-state index in [2.05, 4.69) is 19.8 Å². The Bertz CT molecular complexity index is 1110. The van der Waals surface area contributed by atoms with E-state index in [0.29, 0.717) is 13.0 Å². The van der Waals surface area contributed by atoms with Crippen LogP contribution < -0.4 is 16.8 Å². The van der Waals surface area contributed by atoms with Crippen LogP contribution >= 0.6 is 23.3 Å². The van der Waals surface area contributed by atoms with Gasteiger partial charge in [-0.3, -0.25) is 14.4 Å². The van der Waals surface area contributed by atoms with Crippen LogP contribution in [0.2, 0.25) is 0 Å². The van der Waals surface area contributed by atoms with Crippen LogP contribution in [0.3, 0.4) is 0 Å². The second-order valence-electron chi connectivity index (χ2n) is 9.05. The summed E-state index contributed by atoms with van der Waals surface area (Å²) in [7, 11) is 0. The fraction of sp³-hybridized carbons (Fsp3) is 0.571. The maximum atomic E-state index is 13.0. The van der Waals surface area contributed by atoms with E-state index in [0.717, 1.165) is 11.5 Å². The molecule has 1 aromatic rings. The lowest BCUT2D eigenvalue weighted by Gasteiger charge is -2.48. The smallest absolute Gasteiger partial charge is 0.339 e. The van der Waals surface area contributed by atoms with Gasteiger partial charge in [0.05, 0.1) is 11.0 Å². The quantitative estimate of drug-likeness (QED) is 0.0869. The normalized spacial score (nSPS) is 21.4. The molecule has 3 heterocycles. The molecule has 5 N–H and O–H groups in total. The van der Waals surface area contributed by atoms with Crippen molar-refractivity contribution in [3.63, 3.8) is 0 Å². The summed E-state index contributed by atoms with van der Waals surface area (Å²) in [5.41, 5.74) is 10.3. The first-order chi connectivity index (χ1) is 17.4. The first kappa shape index (κ1) is 28.3. The number of hydrogen-bond acceptors (Lipinski definition) is 14. The highest BCUT2D eigenvalue weighted by Gasteiger charge is 2.52. The number of nitrogens with one attached hydrogen (secondary N) is 1. The minimum Gasteiger partial charge on any atom is -0.427 e. The van der Waals surface area contributed by atoms with Crippen LogP contribution in [0, 0.1) is 5.41 Å². The number of fused-ring (bicyclic) bond motifs is 1. The summed E-state index contributed by atoms with van der Waals surface area (Å²) in [5.74, 6) is -2.40. The van der Waals surface area contributed by atoms with E-state index in [1.54, 1.807) is 27.7 Å². The molecule has 14 nitrogen and oxygen atoms in total. The Balaban J connectivity index is 1.63. The molecule has 0 bridgehead atoms. The molecule has 1 fully saturated rings. The van der Waals surface area contributed by atoms with E-state index in [-0.39, 0.29) is 34.1 Å². The number of carbonyl (C=O) groups excluding carboxylic acids is 4. The molecular weight excluding hydrogens is 526 g/mol. The van der Waals surface area contributed by atoms with Crippen molar-refractivity contribution in [1.29, 1.82) is 0 Å². The van der Waals surface area contributed by atoms with Crippen molar-refractivity contribution in [2.24, 2.45) is 16.3 Å². The third-order valence-corrected chi connectivity index (χ3v) is 7.10. The summed E-state index contributed by atoms with van der Waals surface area (Å²) in [5, 5.41) is 5.77. The number of β-lactam (4-membered cyclic amide) rings is 1. The van der Waals surface area contributed by atoms with Gasteiger partial charge in [0.2, 0.25) is 18.3 Å². The molecule has 0 aromatic carbocycles. The standard InChI is InChI=1S/C21H29N7O7S2/c1-10-11(18(31)33-9-34-19(32)21(2,3)4)8-28-16(30)13(17(28)36-10)24-15(29)12(26-35-7-5-6-22)14-25-20(23)37-27-14/h8,10,13,17H,5-7,9,22H2,1-4H3,(H,24,29)(H2,23,25,27)/t10?,13?,17-/m1/s1. The number of aromatic nitrogens is 2. The fourth-order valence-electron chi connectivity index (χ4n) is 3.08. The molecule has 1 aromatic heterocycles. The van der Waals surface area contributed by atoms with Gasteiger partial charge in [-0.15, -0.1) is 11.8 Å². The summed E-state index contributed by atoms with van der Waals surface area (Å²) in [6, 6.07) is -0.883. The van der Waals surface area contributed by atoms with Crippen LogP contribution in [0.5, 0.6) is 0 Å². The number of nitrogens with two attached hydrogens (primary N) is 2. The van der Waals surface area contributed by atoms with Crippen molar-refractivity contribution in [2.75, 3.05) is 25.7 Å². The zero-order valence-electron chi connectivity index (χ0n) is 20.8. The molecule has 2 unspecified atom stereocenters. The lowest BCUT2D eigenvalue weighted by Crippen LogP contribution is -2.69. The van der Waals surface area contributed by atoms with Crippen molar-refractivity contribution < 1.29 is 33.5 Å². The highest BCUT2D eigenvalue weighted by Crippen LogP contribution is 2.40. The Morgan fingerprint density at radius 3 is 2.62 bits per heavy atom. The van der Waals surface area contributed by atoms with Gasteiger partial charge in [-0.05, 0) is 40.7 Å². The van der Waals surface area contributed by atoms with Gasteiger partial charge >= 0.3 is 11.9 Å². The monoisotopic (exact) mass is 555 g/mol. The Kier molecular flexibility index (Phi) is 9.09. The Labute approximate surface area is 221 Å². The first-order valence-electron chi connectivity index (χ1n) is 11.3. The Morgan fingerprint density at radius 1 is 1.27 bits per heavy atom. The van der Waals surface area contributed by atoms with Gasteiger partial charge in [0.15, 0.2) is 5.13 Å². The van der Waals surface area contributed by atoms with Crippen LogP contribution in [-0.2, 0) is 33.5 Å². The van der Waals surface area contributed by atoms with Gasteiger partial charge in [0, 0.05) is 23.0 Å². The third-order valence-electron chi connectivity index (χ3n) is 5.12. The molecule has 3 atom stereocenters. The van der Waals surface area contributed by atoms with Crippen LogP contribution in [0.4, 0.5) is 5.13 Å². The zero-order valence-corrected chi connectivity index (χ0v) is 22.4. The number of ether oxygens (including phenoxy) is 2. The average molecular weight is 556 g/mol. The summed E-state index contributed by atoms with van der Waals surface area (Å²) in [6.07, 6.45) is 1.91. The van der Waals surface area contributed by atoms with E-state index in [1.807, 2.05) is 0 Å². The van der Waals surface area contributed by atoms with Crippen LogP contribution in [0.15, 0.2) is 16.9 Å². The summed E-state index contributed by atoms with van der Waals surface area (Å²) >= 11 is 2.17. The molecule has 3 rings (SSSR count). The Morgan fingerprint density at radius 2 is 2.00 bits per heavy atom. The van der Waals surface area contributed by atoms with Gasteiger partial charge in [-0.2, -0.15) is 9.36 Å². The average Bonchev–Trinajstić information content (AvgIpc) is 3.27. The van der Waals surface area contributed by atoms with E-state index >= 15 is 0 Å². The molecule has 2 aliphatic rings. The molecule has 1 saturated heterocycles. The Hall–Kier alpha value is -3.24. The number of oxime groups is 1. The highest BCUT2D eigenvalue weighted by molar-refractivity contribution is 8.00. The molecule has 0 saturated carbocycles. The number of nitrogen functional groups attached to an aromatic ring is 1. The number of esters is 2. The second-order valence-corrected chi connectivity index (χ2v) is 11.3. The van der Waals surface area contributed by atoms with E-state index < -0.39 is 47.4 Å². The van der Waals surface area contributed by atoms with Gasteiger partial charge in [0.25, 0.3) is 11.8 Å². The van der Waals surface area contributed by atoms with E-state index in [9.17, 15) is 19.2 Å². The van der Waals surface area contributed by atoms with Crippen molar-refractivity contribution in [1.82, 2.24) is 19.6 Å². The molecule has 16 heteroatoms. The number of amides is 2. The number of nitrogens with zero attached hydrogens (tertiary/aromatic N) is 4. The SMILES string of the molecule is CC1S[C@@H]2C(NC(=O)C(=NOCCCN)c3nsc(N)n3)C(=O)N2C=C1C(=O)OCOC(=O)C(C)(C)C. The largest absolute Gasteiger partial charge is 0.427 e. The number of thioether (sulfide) groups is 1. The first-order valence-corrected chi connectivity index (χ1v) is 13.0. The van der Waals surface area contributed by atoms with Crippen LogP contribution in [0.25, 0.3) is 0 Å². The van der Waals surface area contributed by atoms with Gasteiger partial charge in [-0.1, -0.05) is 5.16 Å². The number of carbonyl (C=O) groups is 4. The van der Waals surface area contributed by atoms with Crippen molar-refractivity contribution in [3.8, 4) is 0 Å². The summed E-state index contributed by atoms with van der Waals surface area (Å²) in [6.45, 7) is 6.82. The molecule has 0 spiro atoms. The van der Waals surface area contributed by atoms with E-state index in [1.165, 1.54) is 22.9 Å². The fourth-order valence-corrected chi connectivity index (χ4v) is 4.87. The van der Waals surface area contributed by atoms with Crippen molar-refractivity contribution >= 4 is 57.9 Å². The summed E-state index contributed by atoms with van der Waals surface area (Å²) in [4.78, 5) is 60.5. The second kappa shape index (κ2) is 11.9. The van der Waals surface area contributed by atoms with Crippen LogP contribution in [0.1, 0.15) is 39.9 Å². The topological polar surface area (TPSA) is 201 Å². The molecule has 37 heavy (non-hydrogen) atoms. The third kappa shape index (κ3) is 6.75. The number of rotatable bonds is 10. The minimum absolute atomic E-state index is 0.0295. The zero-order chi connectivity index (χ0) is 27.3. The minimum atomic E-state index is -0.883. The van der Waals surface area contributed by atoms with Crippen LogP contribution in [-0.4, -0.2) is 80.3 Å². The molecule has 202 valence electrons. The maximum absolute atomic E-state index is 13.0. The maximum Gasteiger partial charge on any atom is 0.339 e. The molecule has 2 amide bonds. The molecule has 0 aliphatic carbocycles. The van der Waals surface area contributed by atoms with E-state index in [4.69, 9.17) is 25.8 Å². The summed E-state index contributed by atoms with van der Waals surface area (Å²) < 4.78 is 14.0. The lowest BCUT2D eigenvalue weighted by molar-refractivity contribution is -0.171. The van der Waals surface area contributed by atoms with Gasteiger partial charge in [-0.25, -0.2) is 4.79 Å². The highest BCUT2D eigenvalue weighted by atomic mass is 32.2. The molecule has 2 aliphatic heterocycles. The number of anilines is 1. The molecular formula is C21H29N7O7S2. The van der Waals surface area contributed by atoms with Gasteiger partial charge < -0.3 is 36.0 Å².